The Hall–Kier alpha value is -1.88. The molecule has 1 unspecified atom stereocenters. The second-order valence-electron chi connectivity index (χ2n) is 6.90. The minimum atomic E-state index is -0.836. The lowest BCUT2D eigenvalue weighted by atomic mass is 9.94. The number of amides is 2. The van der Waals surface area contributed by atoms with Gasteiger partial charge in [0.15, 0.2) is 0 Å². The van der Waals surface area contributed by atoms with Crippen LogP contribution in [0, 0.1) is 0 Å². The van der Waals surface area contributed by atoms with Crippen molar-refractivity contribution < 1.29 is 14.7 Å². The third kappa shape index (κ3) is 3.46. The predicted molar refractivity (Wildman–Crippen MR) is 91.4 cm³/mol. The fourth-order valence-corrected chi connectivity index (χ4v) is 3.52. The number of aliphatic hydroxyl groups is 1. The summed E-state index contributed by atoms with van der Waals surface area (Å²) in [4.78, 5) is 27.2. The lowest BCUT2D eigenvalue weighted by molar-refractivity contribution is -0.138. The Kier molecular flexibility index (Phi) is 5.19. The third-order valence-corrected chi connectivity index (χ3v) is 5.21. The van der Waals surface area contributed by atoms with E-state index in [0.29, 0.717) is 0 Å². The molecule has 1 saturated heterocycles. The lowest BCUT2D eigenvalue weighted by Crippen LogP contribution is -2.53. The number of carbonyl (C=O) groups is 2. The number of nitrogens with one attached hydrogen (secondary N) is 1. The Labute approximate surface area is 143 Å². The Morgan fingerprint density at radius 2 is 1.71 bits per heavy atom. The Morgan fingerprint density at radius 1 is 1.08 bits per heavy atom. The molecule has 2 fully saturated rings. The SMILES string of the molecule is O=C(C(CO)NC(=O)C1(c2ccccc2)CC1)N1CCCCCC1. The topological polar surface area (TPSA) is 69.6 Å². The van der Waals surface area contributed by atoms with Gasteiger partial charge in [-0.25, -0.2) is 0 Å². The van der Waals surface area contributed by atoms with Gasteiger partial charge in [0.2, 0.25) is 11.8 Å². The van der Waals surface area contributed by atoms with Crippen LogP contribution in [0.3, 0.4) is 0 Å². The van der Waals surface area contributed by atoms with Crippen molar-refractivity contribution in [2.45, 2.75) is 50.0 Å². The summed E-state index contributed by atoms with van der Waals surface area (Å²) in [5.74, 6) is -0.299. The Morgan fingerprint density at radius 3 is 2.25 bits per heavy atom. The summed E-state index contributed by atoms with van der Waals surface area (Å²) in [6, 6.07) is 8.85. The van der Waals surface area contributed by atoms with Crippen LogP contribution < -0.4 is 5.32 Å². The molecule has 2 aliphatic rings. The molecule has 5 nitrogen and oxygen atoms in total. The highest BCUT2D eigenvalue weighted by Gasteiger charge is 2.51. The van der Waals surface area contributed by atoms with Crippen LogP contribution in [-0.4, -0.2) is 47.6 Å². The molecule has 0 bridgehead atoms. The molecule has 1 aliphatic heterocycles. The molecule has 1 atom stereocenters. The first-order chi connectivity index (χ1) is 11.7. The van der Waals surface area contributed by atoms with Crippen molar-refractivity contribution in [1.29, 1.82) is 0 Å². The first-order valence-corrected chi connectivity index (χ1v) is 8.93. The maximum atomic E-state index is 12.8. The highest BCUT2D eigenvalue weighted by Crippen LogP contribution is 2.48. The van der Waals surface area contributed by atoms with E-state index < -0.39 is 11.5 Å². The number of benzene rings is 1. The third-order valence-electron chi connectivity index (χ3n) is 5.21. The highest BCUT2D eigenvalue weighted by molar-refractivity contribution is 5.95. The summed E-state index contributed by atoms with van der Waals surface area (Å²) < 4.78 is 0. The fraction of sp³-hybridized carbons (Fsp3) is 0.579. The molecule has 1 aromatic rings. The van der Waals surface area contributed by atoms with Crippen LogP contribution in [0.5, 0.6) is 0 Å². The maximum absolute atomic E-state index is 12.8. The second-order valence-corrected chi connectivity index (χ2v) is 6.90. The molecule has 24 heavy (non-hydrogen) atoms. The molecule has 1 saturated carbocycles. The van der Waals surface area contributed by atoms with Gasteiger partial charge < -0.3 is 15.3 Å². The largest absolute Gasteiger partial charge is 0.394 e. The summed E-state index contributed by atoms with van der Waals surface area (Å²) in [5.41, 5.74) is 0.467. The fourth-order valence-electron chi connectivity index (χ4n) is 3.52. The van der Waals surface area contributed by atoms with Gasteiger partial charge in [0, 0.05) is 13.1 Å². The van der Waals surface area contributed by atoms with Crippen molar-refractivity contribution in [2.75, 3.05) is 19.7 Å². The van der Waals surface area contributed by atoms with Crippen LogP contribution in [0.4, 0.5) is 0 Å². The molecule has 130 valence electrons. The molecule has 2 N–H and O–H groups in total. The number of nitrogens with zero attached hydrogens (tertiary/aromatic N) is 1. The van der Waals surface area contributed by atoms with Gasteiger partial charge in [-0.2, -0.15) is 0 Å². The van der Waals surface area contributed by atoms with Gasteiger partial charge in [0.1, 0.15) is 6.04 Å². The van der Waals surface area contributed by atoms with E-state index in [1.807, 2.05) is 30.3 Å². The van der Waals surface area contributed by atoms with Gasteiger partial charge in [0.05, 0.1) is 12.0 Å². The number of hydrogen-bond acceptors (Lipinski definition) is 3. The predicted octanol–water partition coefficient (Wildman–Crippen LogP) is 1.60. The molecule has 5 heteroatoms. The normalized spacial score (nSPS) is 20.8. The van der Waals surface area contributed by atoms with Gasteiger partial charge in [-0.15, -0.1) is 0 Å². The molecule has 1 aliphatic carbocycles. The first kappa shape index (κ1) is 17.0. The molecule has 0 aromatic heterocycles. The number of carbonyl (C=O) groups excluding carboxylic acids is 2. The number of aliphatic hydroxyl groups excluding tert-OH is 1. The van der Waals surface area contributed by atoms with Crippen LogP contribution in [0.15, 0.2) is 30.3 Å². The Bertz CT molecular complexity index is 576. The molecule has 2 amide bonds. The number of hydrogen-bond donors (Lipinski definition) is 2. The van der Waals surface area contributed by atoms with Gasteiger partial charge in [-0.3, -0.25) is 9.59 Å². The monoisotopic (exact) mass is 330 g/mol. The molecule has 1 aromatic carbocycles. The molecule has 0 spiro atoms. The Balaban J connectivity index is 1.66. The zero-order valence-corrected chi connectivity index (χ0v) is 14.0. The maximum Gasteiger partial charge on any atom is 0.247 e. The summed E-state index contributed by atoms with van der Waals surface area (Å²) in [6.45, 7) is 1.08. The van der Waals surface area contributed by atoms with Gasteiger partial charge in [0.25, 0.3) is 0 Å². The standard InChI is InChI=1S/C19H26N2O3/c22-14-16(17(23)21-12-6-1-2-7-13-21)20-18(24)19(10-11-19)15-8-4-3-5-9-15/h3-5,8-9,16,22H,1-2,6-7,10-14H2,(H,20,24). The smallest absolute Gasteiger partial charge is 0.247 e. The van der Waals surface area contributed by atoms with Crippen molar-refractivity contribution in [2.24, 2.45) is 0 Å². The van der Waals surface area contributed by atoms with E-state index in [1.54, 1.807) is 4.90 Å². The molecular weight excluding hydrogens is 304 g/mol. The van der Waals surface area contributed by atoms with Crippen LogP contribution >= 0.6 is 0 Å². The minimum Gasteiger partial charge on any atom is -0.394 e. The number of rotatable bonds is 5. The summed E-state index contributed by atoms with van der Waals surface area (Å²) >= 11 is 0. The van der Waals surface area contributed by atoms with Crippen molar-refractivity contribution in [3.8, 4) is 0 Å². The van der Waals surface area contributed by atoms with E-state index in [-0.39, 0.29) is 18.4 Å². The van der Waals surface area contributed by atoms with Gasteiger partial charge in [-0.1, -0.05) is 43.2 Å². The van der Waals surface area contributed by atoms with E-state index in [4.69, 9.17) is 0 Å². The zero-order chi connectivity index (χ0) is 17.0. The van der Waals surface area contributed by atoms with Crippen molar-refractivity contribution in [1.82, 2.24) is 10.2 Å². The van der Waals surface area contributed by atoms with Crippen LogP contribution in [-0.2, 0) is 15.0 Å². The molecule has 0 radical (unpaired) electrons. The zero-order valence-electron chi connectivity index (χ0n) is 14.0. The summed E-state index contributed by atoms with van der Waals surface area (Å²) in [6.07, 6.45) is 5.84. The van der Waals surface area contributed by atoms with Crippen molar-refractivity contribution >= 4 is 11.8 Å². The van der Waals surface area contributed by atoms with Crippen LogP contribution in [0.25, 0.3) is 0 Å². The lowest BCUT2D eigenvalue weighted by Gasteiger charge is -2.27. The van der Waals surface area contributed by atoms with E-state index >= 15 is 0 Å². The summed E-state index contributed by atoms with van der Waals surface area (Å²) in [7, 11) is 0. The van der Waals surface area contributed by atoms with Crippen LogP contribution in [0.2, 0.25) is 0 Å². The van der Waals surface area contributed by atoms with E-state index in [2.05, 4.69) is 5.32 Å². The van der Waals surface area contributed by atoms with Crippen molar-refractivity contribution in [3.63, 3.8) is 0 Å². The second kappa shape index (κ2) is 7.34. The van der Waals surface area contributed by atoms with Gasteiger partial charge >= 0.3 is 0 Å². The first-order valence-electron chi connectivity index (χ1n) is 8.93. The minimum absolute atomic E-state index is 0.143. The van der Waals surface area contributed by atoms with Gasteiger partial charge in [-0.05, 0) is 31.2 Å². The van der Waals surface area contributed by atoms with E-state index in [9.17, 15) is 14.7 Å². The highest BCUT2D eigenvalue weighted by atomic mass is 16.3. The van der Waals surface area contributed by atoms with E-state index in [0.717, 1.165) is 57.2 Å². The number of likely N-dealkylation sites (tertiary alicyclic amines) is 1. The van der Waals surface area contributed by atoms with Crippen LogP contribution in [0.1, 0.15) is 44.1 Å². The van der Waals surface area contributed by atoms with E-state index in [1.165, 1.54) is 0 Å². The molecular formula is C19H26N2O3. The average Bonchev–Trinajstić information content (AvgIpc) is 3.44. The average molecular weight is 330 g/mol. The summed E-state index contributed by atoms with van der Waals surface area (Å²) in [5, 5.41) is 12.4. The van der Waals surface area contributed by atoms with Crippen molar-refractivity contribution in [3.05, 3.63) is 35.9 Å². The molecule has 3 rings (SSSR count). The quantitative estimate of drug-likeness (QED) is 0.861. The molecule has 1 heterocycles.